The van der Waals surface area contributed by atoms with Crippen LogP contribution in [0.4, 0.5) is 10.1 Å². The minimum atomic E-state index is -3.43. The third kappa shape index (κ3) is 5.15. The molecule has 0 atom stereocenters. The first-order valence-electron chi connectivity index (χ1n) is 8.83. The van der Waals surface area contributed by atoms with Crippen LogP contribution in [0.1, 0.15) is 29.4 Å². The molecule has 0 spiro atoms. The molecule has 0 radical (unpaired) electrons. The van der Waals surface area contributed by atoms with Crippen LogP contribution in [0.25, 0.3) is 11.3 Å². The third-order valence-corrected chi connectivity index (χ3v) is 4.66. The van der Waals surface area contributed by atoms with Gasteiger partial charge in [0.2, 0.25) is 10.0 Å². The summed E-state index contributed by atoms with van der Waals surface area (Å²) in [4.78, 5) is 12.8. The molecule has 8 heteroatoms. The molecule has 0 saturated carbocycles. The van der Waals surface area contributed by atoms with Gasteiger partial charge in [-0.2, -0.15) is 0 Å². The monoisotopic (exact) mass is 410 g/mol. The van der Waals surface area contributed by atoms with Gasteiger partial charge in [0.1, 0.15) is 12.1 Å². The first-order valence-corrected chi connectivity index (χ1v) is 10.7. The largest absolute Gasteiger partial charge is 0.282 e. The Labute approximate surface area is 169 Å². The van der Waals surface area contributed by atoms with Crippen molar-refractivity contribution in [2.45, 2.75) is 20.3 Å². The highest BCUT2D eigenvalue weighted by Crippen LogP contribution is 2.23. The molecule has 1 N–H and O–H groups in total. The van der Waals surface area contributed by atoms with E-state index in [1.54, 1.807) is 31.3 Å². The summed E-state index contributed by atoms with van der Waals surface area (Å²) in [6.07, 6.45) is 4.70. The van der Waals surface area contributed by atoms with Gasteiger partial charge in [-0.1, -0.05) is 30.9 Å². The van der Waals surface area contributed by atoms with Crippen LogP contribution in [0.2, 0.25) is 0 Å². The molecule has 0 fully saturated rings. The van der Waals surface area contributed by atoms with Gasteiger partial charge in [-0.05, 0) is 31.5 Å². The Balaban J connectivity index is 2.08. The molecule has 0 aliphatic heterocycles. The van der Waals surface area contributed by atoms with Gasteiger partial charge < -0.3 is 0 Å². The SMILES string of the molecule is CCc1ncnc(-c2cccc(F)c2)c1C#Cc1cnc(C)c(NS(C)(=O)=O)c1. The number of rotatable bonds is 4. The van der Waals surface area contributed by atoms with E-state index >= 15 is 0 Å². The predicted octanol–water partition coefficient (Wildman–Crippen LogP) is 3.32. The molecule has 29 heavy (non-hydrogen) atoms. The number of aryl methyl sites for hydroxylation is 2. The van der Waals surface area contributed by atoms with Crippen LogP contribution in [0, 0.1) is 24.6 Å². The Morgan fingerprint density at radius 1 is 1.14 bits per heavy atom. The molecule has 2 heterocycles. The van der Waals surface area contributed by atoms with Crippen molar-refractivity contribution in [2.75, 3.05) is 11.0 Å². The molecule has 0 aliphatic rings. The summed E-state index contributed by atoms with van der Waals surface area (Å²) in [7, 11) is -3.43. The van der Waals surface area contributed by atoms with Gasteiger partial charge in [-0.25, -0.2) is 22.8 Å². The van der Waals surface area contributed by atoms with Crippen molar-refractivity contribution in [1.29, 1.82) is 0 Å². The van der Waals surface area contributed by atoms with E-state index in [0.29, 0.717) is 40.2 Å². The van der Waals surface area contributed by atoms with Crippen LogP contribution in [-0.4, -0.2) is 29.6 Å². The summed E-state index contributed by atoms with van der Waals surface area (Å²) in [5, 5.41) is 0. The van der Waals surface area contributed by atoms with Crippen LogP contribution in [0.3, 0.4) is 0 Å². The van der Waals surface area contributed by atoms with Gasteiger partial charge in [0.25, 0.3) is 0 Å². The Morgan fingerprint density at radius 2 is 1.93 bits per heavy atom. The highest BCUT2D eigenvalue weighted by molar-refractivity contribution is 7.92. The summed E-state index contributed by atoms with van der Waals surface area (Å²) >= 11 is 0. The van der Waals surface area contributed by atoms with Gasteiger partial charge in [0.05, 0.1) is 34.6 Å². The van der Waals surface area contributed by atoms with Gasteiger partial charge in [0.15, 0.2) is 0 Å². The molecule has 3 aromatic rings. The second-order valence-corrected chi connectivity index (χ2v) is 8.14. The van der Waals surface area contributed by atoms with Crippen molar-refractivity contribution in [3.63, 3.8) is 0 Å². The summed E-state index contributed by atoms with van der Waals surface area (Å²) in [5.74, 6) is 5.69. The molecule has 3 rings (SSSR count). The molecule has 0 unspecified atom stereocenters. The van der Waals surface area contributed by atoms with Crippen LogP contribution >= 0.6 is 0 Å². The topological polar surface area (TPSA) is 84.8 Å². The Hall–Kier alpha value is -3.31. The van der Waals surface area contributed by atoms with E-state index in [4.69, 9.17) is 0 Å². The maximum Gasteiger partial charge on any atom is 0.229 e. The Bertz CT molecular complexity index is 1230. The molecule has 0 bridgehead atoms. The molecule has 1 aromatic carbocycles. The standard InChI is InChI=1S/C21H19FN4O2S/c1-4-19-18(21(25-13-24-19)16-6-5-7-17(22)11-16)9-8-15-10-20(14(2)23-12-15)26-29(3,27)28/h5-7,10-13,26H,4H2,1-3H3. The third-order valence-electron chi connectivity index (χ3n) is 4.07. The smallest absolute Gasteiger partial charge is 0.229 e. The fourth-order valence-electron chi connectivity index (χ4n) is 2.72. The van der Waals surface area contributed by atoms with Crippen molar-refractivity contribution in [3.8, 4) is 23.1 Å². The van der Waals surface area contributed by atoms with Crippen molar-refractivity contribution in [2.24, 2.45) is 0 Å². The van der Waals surface area contributed by atoms with Crippen LogP contribution in [0.15, 0.2) is 42.9 Å². The summed E-state index contributed by atoms with van der Waals surface area (Å²) in [6.45, 7) is 3.65. The predicted molar refractivity (Wildman–Crippen MR) is 110 cm³/mol. The average molecular weight is 410 g/mol. The van der Waals surface area contributed by atoms with Gasteiger partial charge in [-0.15, -0.1) is 0 Å². The maximum absolute atomic E-state index is 13.7. The van der Waals surface area contributed by atoms with Crippen molar-refractivity contribution >= 4 is 15.7 Å². The summed E-state index contributed by atoms with van der Waals surface area (Å²) < 4.78 is 39.2. The van der Waals surface area contributed by atoms with Crippen LogP contribution in [0.5, 0.6) is 0 Å². The number of hydrogen-bond donors (Lipinski definition) is 1. The maximum atomic E-state index is 13.7. The van der Waals surface area contributed by atoms with Crippen molar-refractivity contribution in [1.82, 2.24) is 15.0 Å². The molecule has 0 saturated heterocycles. The molecule has 0 amide bonds. The van der Waals surface area contributed by atoms with Gasteiger partial charge in [-0.3, -0.25) is 9.71 Å². The van der Waals surface area contributed by atoms with Gasteiger partial charge in [0, 0.05) is 17.3 Å². The number of pyridine rings is 1. The van der Waals surface area contributed by atoms with E-state index in [1.807, 2.05) is 6.92 Å². The highest BCUT2D eigenvalue weighted by atomic mass is 32.2. The number of nitrogens with one attached hydrogen (secondary N) is 1. The van der Waals surface area contributed by atoms with Crippen molar-refractivity contribution in [3.05, 3.63) is 71.2 Å². The Morgan fingerprint density at radius 3 is 2.62 bits per heavy atom. The molecular formula is C21H19FN4O2S. The van der Waals surface area contributed by atoms with Gasteiger partial charge >= 0.3 is 0 Å². The quantitative estimate of drug-likeness (QED) is 0.667. The number of benzene rings is 1. The fraction of sp³-hybridized carbons (Fsp3) is 0.190. The average Bonchev–Trinajstić information content (AvgIpc) is 2.67. The number of sulfonamides is 1. The lowest BCUT2D eigenvalue weighted by Gasteiger charge is -2.08. The summed E-state index contributed by atoms with van der Waals surface area (Å²) in [5.41, 5.74) is 3.91. The lowest BCUT2D eigenvalue weighted by atomic mass is 10.0. The van der Waals surface area contributed by atoms with E-state index in [2.05, 4.69) is 31.5 Å². The Kier molecular flexibility index (Phi) is 5.89. The minimum Gasteiger partial charge on any atom is -0.282 e. The number of anilines is 1. The zero-order valence-corrected chi connectivity index (χ0v) is 17.0. The second-order valence-electron chi connectivity index (χ2n) is 6.39. The lowest BCUT2D eigenvalue weighted by Crippen LogP contribution is -2.11. The summed E-state index contributed by atoms with van der Waals surface area (Å²) in [6, 6.07) is 7.76. The van der Waals surface area contributed by atoms with E-state index in [9.17, 15) is 12.8 Å². The number of halogens is 1. The molecular weight excluding hydrogens is 391 g/mol. The van der Waals surface area contributed by atoms with E-state index in [-0.39, 0.29) is 5.82 Å². The number of hydrogen-bond acceptors (Lipinski definition) is 5. The normalized spacial score (nSPS) is 10.9. The molecule has 0 aliphatic carbocycles. The van der Waals surface area contributed by atoms with Crippen LogP contribution < -0.4 is 4.72 Å². The van der Waals surface area contributed by atoms with Crippen molar-refractivity contribution < 1.29 is 12.8 Å². The molecule has 2 aromatic heterocycles. The number of nitrogens with zero attached hydrogens (tertiary/aromatic N) is 3. The van der Waals surface area contributed by atoms with E-state index in [1.165, 1.54) is 18.5 Å². The number of aromatic nitrogens is 3. The zero-order valence-electron chi connectivity index (χ0n) is 16.2. The minimum absolute atomic E-state index is 0.364. The lowest BCUT2D eigenvalue weighted by molar-refractivity contribution is 0.606. The highest BCUT2D eigenvalue weighted by Gasteiger charge is 2.11. The second kappa shape index (κ2) is 8.37. The first kappa shape index (κ1) is 20.4. The van der Waals surface area contributed by atoms with E-state index in [0.717, 1.165) is 11.9 Å². The first-order chi connectivity index (χ1) is 13.8. The molecule has 6 nitrogen and oxygen atoms in total. The zero-order chi connectivity index (χ0) is 21.0. The molecule has 148 valence electrons. The van der Waals surface area contributed by atoms with E-state index < -0.39 is 10.0 Å². The van der Waals surface area contributed by atoms with Crippen LogP contribution in [-0.2, 0) is 16.4 Å². The fourth-order valence-corrected chi connectivity index (χ4v) is 3.32.